The molecule has 0 spiro atoms. The van der Waals surface area contributed by atoms with Crippen LogP contribution in [-0.4, -0.2) is 31.9 Å². The second-order valence-electron chi connectivity index (χ2n) is 6.10. The standard InChI is InChI=1S/C16H27NO2/c1-12-7-8-13(2)15(9-12)19-14(11-18-6)10-17-16(3,4)5/h7-9,14,17H,10-11H2,1-6H3. The molecule has 1 rings (SSSR count). The number of ether oxygens (including phenoxy) is 2. The fraction of sp³-hybridized carbons (Fsp3) is 0.625. The summed E-state index contributed by atoms with van der Waals surface area (Å²) in [6.07, 6.45) is 0.0183. The van der Waals surface area contributed by atoms with E-state index >= 15 is 0 Å². The first-order valence-corrected chi connectivity index (χ1v) is 6.79. The Morgan fingerprint density at radius 1 is 1.21 bits per heavy atom. The van der Waals surface area contributed by atoms with Gasteiger partial charge in [-0.3, -0.25) is 0 Å². The molecular weight excluding hydrogens is 238 g/mol. The van der Waals surface area contributed by atoms with Crippen LogP contribution in [-0.2, 0) is 4.74 Å². The minimum Gasteiger partial charge on any atom is -0.486 e. The van der Waals surface area contributed by atoms with E-state index in [0.717, 1.165) is 17.9 Å². The van der Waals surface area contributed by atoms with Crippen LogP contribution in [0.3, 0.4) is 0 Å². The number of rotatable bonds is 6. The lowest BCUT2D eigenvalue weighted by Crippen LogP contribution is -2.44. The van der Waals surface area contributed by atoms with Gasteiger partial charge in [-0.2, -0.15) is 0 Å². The van der Waals surface area contributed by atoms with Crippen molar-refractivity contribution in [1.29, 1.82) is 0 Å². The molecule has 1 N–H and O–H groups in total. The Labute approximate surface area is 117 Å². The highest BCUT2D eigenvalue weighted by Gasteiger charge is 2.16. The third-order valence-electron chi connectivity index (χ3n) is 2.85. The molecule has 0 aliphatic rings. The average molecular weight is 265 g/mol. The Morgan fingerprint density at radius 2 is 1.89 bits per heavy atom. The van der Waals surface area contributed by atoms with Crippen molar-refractivity contribution in [1.82, 2.24) is 5.32 Å². The van der Waals surface area contributed by atoms with Gasteiger partial charge < -0.3 is 14.8 Å². The molecule has 0 heterocycles. The van der Waals surface area contributed by atoms with Gasteiger partial charge in [-0.25, -0.2) is 0 Å². The zero-order valence-corrected chi connectivity index (χ0v) is 13.0. The molecule has 0 bridgehead atoms. The lowest BCUT2D eigenvalue weighted by molar-refractivity contribution is 0.0760. The first-order valence-electron chi connectivity index (χ1n) is 6.79. The molecular formula is C16H27NO2. The van der Waals surface area contributed by atoms with E-state index in [2.05, 4.69) is 58.1 Å². The van der Waals surface area contributed by atoms with E-state index in [0.29, 0.717) is 6.61 Å². The van der Waals surface area contributed by atoms with Crippen LogP contribution < -0.4 is 10.1 Å². The third-order valence-corrected chi connectivity index (χ3v) is 2.85. The summed E-state index contributed by atoms with van der Waals surface area (Å²) in [7, 11) is 1.70. The maximum absolute atomic E-state index is 6.07. The van der Waals surface area contributed by atoms with E-state index < -0.39 is 0 Å². The molecule has 0 aromatic heterocycles. The zero-order valence-electron chi connectivity index (χ0n) is 13.0. The summed E-state index contributed by atoms with van der Waals surface area (Å²) < 4.78 is 11.3. The van der Waals surface area contributed by atoms with Gasteiger partial charge in [-0.05, 0) is 51.8 Å². The Hall–Kier alpha value is -1.06. The van der Waals surface area contributed by atoms with E-state index in [4.69, 9.17) is 9.47 Å². The predicted octanol–water partition coefficient (Wildman–Crippen LogP) is 3.09. The van der Waals surface area contributed by atoms with Gasteiger partial charge in [0, 0.05) is 19.2 Å². The molecule has 108 valence electrons. The molecule has 3 heteroatoms. The minimum absolute atomic E-state index is 0.0183. The van der Waals surface area contributed by atoms with Crippen molar-refractivity contribution in [2.75, 3.05) is 20.3 Å². The first kappa shape index (κ1) is 16.0. The number of hydrogen-bond donors (Lipinski definition) is 1. The molecule has 0 fully saturated rings. The SMILES string of the molecule is COCC(CNC(C)(C)C)Oc1cc(C)ccc1C. The van der Waals surface area contributed by atoms with Crippen LogP contribution in [0.15, 0.2) is 18.2 Å². The highest BCUT2D eigenvalue weighted by atomic mass is 16.5. The van der Waals surface area contributed by atoms with Gasteiger partial charge in [-0.15, -0.1) is 0 Å². The molecule has 1 unspecified atom stereocenters. The molecule has 0 saturated heterocycles. The van der Waals surface area contributed by atoms with Gasteiger partial charge in [0.1, 0.15) is 11.9 Å². The van der Waals surface area contributed by atoms with Crippen molar-refractivity contribution in [2.45, 2.75) is 46.3 Å². The second-order valence-corrected chi connectivity index (χ2v) is 6.10. The molecule has 0 aliphatic heterocycles. The highest BCUT2D eigenvalue weighted by molar-refractivity contribution is 5.36. The van der Waals surface area contributed by atoms with Crippen molar-refractivity contribution in [3.05, 3.63) is 29.3 Å². The van der Waals surface area contributed by atoms with Crippen molar-refractivity contribution < 1.29 is 9.47 Å². The Morgan fingerprint density at radius 3 is 2.47 bits per heavy atom. The fourth-order valence-electron chi connectivity index (χ4n) is 1.75. The average Bonchev–Trinajstić information content (AvgIpc) is 2.30. The van der Waals surface area contributed by atoms with Crippen LogP contribution in [0.4, 0.5) is 0 Å². The number of aryl methyl sites for hydroxylation is 2. The zero-order chi connectivity index (χ0) is 14.5. The Bertz CT molecular complexity index is 396. The van der Waals surface area contributed by atoms with Gasteiger partial charge in [0.25, 0.3) is 0 Å². The molecule has 1 aromatic carbocycles. The van der Waals surface area contributed by atoms with E-state index in [1.54, 1.807) is 7.11 Å². The lowest BCUT2D eigenvalue weighted by atomic mass is 10.1. The second kappa shape index (κ2) is 6.92. The topological polar surface area (TPSA) is 30.5 Å². The molecule has 0 radical (unpaired) electrons. The minimum atomic E-state index is 0.0183. The molecule has 0 aliphatic carbocycles. The molecule has 1 aromatic rings. The lowest BCUT2D eigenvalue weighted by Gasteiger charge is -2.26. The van der Waals surface area contributed by atoms with Crippen molar-refractivity contribution >= 4 is 0 Å². The van der Waals surface area contributed by atoms with Gasteiger partial charge in [-0.1, -0.05) is 12.1 Å². The van der Waals surface area contributed by atoms with Crippen molar-refractivity contribution in [2.24, 2.45) is 0 Å². The molecule has 0 saturated carbocycles. The molecule has 1 atom stereocenters. The first-order chi connectivity index (χ1) is 8.81. The van der Waals surface area contributed by atoms with Crippen molar-refractivity contribution in [3.8, 4) is 5.75 Å². The normalized spacial score (nSPS) is 13.4. The molecule has 0 amide bonds. The quantitative estimate of drug-likeness (QED) is 0.857. The Kier molecular flexibility index (Phi) is 5.83. The number of methoxy groups -OCH3 is 1. The van der Waals surface area contributed by atoms with E-state index in [9.17, 15) is 0 Å². The third kappa shape index (κ3) is 6.08. The van der Waals surface area contributed by atoms with Crippen LogP contribution in [0, 0.1) is 13.8 Å². The Balaban J connectivity index is 2.69. The van der Waals surface area contributed by atoms with Crippen LogP contribution in [0.2, 0.25) is 0 Å². The number of nitrogens with one attached hydrogen (secondary N) is 1. The summed E-state index contributed by atoms with van der Waals surface area (Å²) in [5.74, 6) is 0.942. The van der Waals surface area contributed by atoms with Crippen LogP contribution in [0.5, 0.6) is 5.75 Å². The van der Waals surface area contributed by atoms with Gasteiger partial charge in [0.05, 0.1) is 6.61 Å². The summed E-state index contributed by atoms with van der Waals surface area (Å²) in [6, 6.07) is 6.27. The van der Waals surface area contributed by atoms with Crippen molar-refractivity contribution in [3.63, 3.8) is 0 Å². The largest absolute Gasteiger partial charge is 0.486 e. The monoisotopic (exact) mass is 265 g/mol. The summed E-state index contributed by atoms with van der Waals surface area (Å²) in [4.78, 5) is 0. The smallest absolute Gasteiger partial charge is 0.134 e. The number of hydrogen-bond acceptors (Lipinski definition) is 3. The molecule has 19 heavy (non-hydrogen) atoms. The van der Waals surface area contributed by atoms with E-state index in [1.807, 2.05) is 0 Å². The maximum atomic E-state index is 6.07. The number of benzene rings is 1. The van der Waals surface area contributed by atoms with E-state index in [-0.39, 0.29) is 11.6 Å². The predicted molar refractivity (Wildman–Crippen MR) is 80.0 cm³/mol. The summed E-state index contributed by atoms with van der Waals surface area (Å²) >= 11 is 0. The maximum Gasteiger partial charge on any atom is 0.134 e. The summed E-state index contributed by atoms with van der Waals surface area (Å²) in [5, 5.41) is 3.46. The van der Waals surface area contributed by atoms with Crippen LogP contribution in [0.1, 0.15) is 31.9 Å². The van der Waals surface area contributed by atoms with Crippen LogP contribution in [0.25, 0.3) is 0 Å². The van der Waals surface area contributed by atoms with Gasteiger partial charge in [0.2, 0.25) is 0 Å². The van der Waals surface area contributed by atoms with E-state index in [1.165, 1.54) is 5.56 Å². The summed E-state index contributed by atoms with van der Waals surface area (Å²) in [5.41, 5.74) is 2.44. The molecule has 3 nitrogen and oxygen atoms in total. The highest BCUT2D eigenvalue weighted by Crippen LogP contribution is 2.20. The van der Waals surface area contributed by atoms with Gasteiger partial charge in [0.15, 0.2) is 0 Å². The van der Waals surface area contributed by atoms with Gasteiger partial charge >= 0.3 is 0 Å². The fourth-order valence-corrected chi connectivity index (χ4v) is 1.75. The summed E-state index contributed by atoms with van der Waals surface area (Å²) in [6.45, 7) is 11.9. The van der Waals surface area contributed by atoms with Crippen LogP contribution >= 0.6 is 0 Å².